The highest BCUT2D eigenvalue weighted by Gasteiger charge is 2.22. The number of nitrogens with one attached hydrogen (secondary N) is 1. The van der Waals surface area contributed by atoms with Crippen LogP contribution in [0.25, 0.3) is 0 Å². The topological polar surface area (TPSA) is 64.6 Å². The van der Waals surface area contributed by atoms with Gasteiger partial charge in [0.05, 0.1) is 20.6 Å². The predicted molar refractivity (Wildman–Crippen MR) is 80.1 cm³/mol. The second kappa shape index (κ2) is 8.29. The van der Waals surface area contributed by atoms with E-state index in [1.807, 2.05) is 32.0 Å². The molecule has 0 aliphatic rings. The van der Waals surface area contributed by atoms with Gasteiger partial charge in [-0.05, 0) is 30.0 Å². The Labute approximate surface area is 125 Å². The molecule has 1 unspecified atom stereocenters. The molecule has 1 N–H and O–H groups in total. The van der Waals surface area contributed by atoms with E-state index in [2.05, 4.69) is 5.32 Å². The largest absolute Gasteiger partial charge is 0.497 e. The van der Waals surface area contributed by atoms with Crippen molar-refractivity contribution in [1.29, 1.82) is 0 Å². The normalized spacial score (nSPS) is 11.9. The zero-order valence-electron chi connectivity index (χ0n) is 13.0. The molecule has 0 saturated heterocycles. The second-order valence-corrected chi connectivity index (χ2v) is 5.30. The van der Waals surface area contributed by atoms with Gasteiger partial charge in [0.25, 0.3) is 0 Å². The molecule has 0 aromatic heterocycles. The van der Waals surface area contributed by atoms with E-state index in [4.69, 9.17) is 9.47 Å². The number of methoxy groups -OCH3 is 2. The summed E-state index contributed by atoms with van der Waals surface area (Å²) in [6.45, 7) is 3.98. The average Bonchev–Trinajstić information content (AvgIpc) is 2.45. The summed E-state index contributed by atoms with van der Waals surface area (Å²) in [6.07, 6.45) is 0.749. The fourth-order valence-electron chi connectivity index (χ4n) is 2.04. The molecule has 1 atom stereocenters. The van der Waals surface area contributed by atoms with Gasteiger partial charge < -0.3 is 14.8 Å². The van der Waals surface area contributed by atoms with Gasteiger partial charge in [0.15, 0.2) is 0 Å². The Hall–Kier alpha value is -2.04. The lowest BCUT2D eigenvalue weighted by Crippen LogP contribution is -2.43. The van der Waals surface area contributed by atoms with Crippen molar-refractivity contribution >= 4 is 11.9 Å². The van der Waals surface area contributed by atoms with Gasteiger partial charge in [0.2, 0.25) is 5.91 Å². The van der Waals surface area contributed by atoms with Crippen molar-refractivity contribution in [3.63, 3.8) is 0 Å². The summed E-state index contributed by atoms with van der Waals surface area (Å²) in [5.74, 6) is 0.361. The molecule has 0 bridgehead atoms. The molecule has 0 radical (unpaired) electrons. The van der Waals surface area contributed by atoms with Gasteiger partial charge >= 0.3 is 5.97 Å². The summed E-state index contributed by atoms with van der Waals surface area (Å²) in [4.78, 5) is 23.7. The summed E-state index contributed by atoms with van der Waals surface area (Å²) in [7, 11) is 2.90. The molecule has 0 aliphatic heterocycles. The van der Waals surface area contributed by atoms with Crippen LogP contribution in [-0.4, -0.2) is 32.1 Å². The third kappa shape index (κ3) is 5.85. The smallest absolute Gasteiger partial charge is 0.328 e. The van der Waals surface area contributed by atoms with Crippen LogP contribution < -0.4 is 10.1 Å². The molecular weight excluding hydrogens is 270 g/mol. The monoisotopic (exact) mass is 293 g/mol. The van der Waals surface area contributed by atoms with Gasteiger partial charge in [-0.15, -0.1) is 0 Å². The summed E-state index contributed by atoms with van der Waals surface area (Å²) < 4.78 is 9.85. The fraction of sp³-hybridized carbons (Fsp3) is 0.500. The molecule has 116 valence electrons. The zero-order chi connectivity index (χ0) is 15.8. The van der Waals surface area contributed by atoms with Crippen molar-refractivity contribution < 1.29 is 19.1 Å². The van der Waals surface area contributed by atoms with E-state index < -0.39 is 12.0 Å². The number of ether oxygens (including phenoxy) is 2. The van der Waals surface area contributed by atoms with Crippen LogP contribution >= 0.6 is 0 Å². The number of rotatable bonds is 7. The van der Waals surface area contributed by atoms with E-state index in [0.717, 1.165) is 5.56 Å². The highest BCUT2D eigenvalue weighted by Crippen LogP contribution is 2.13. The fourth-order valence-corrected chi connectivity index (χ4v) is 2.04. The van der Waals surface area contributed by atoms with Crippen molar-refractivity contribution in [3.8, 4) is 5.75 Å². The van der Waals surface area contributed by atoms with Crippen molar-refractivity contribution in [2.45, 2.75) is 32.7 Å². The van der Waals surface area contributed by atoms with Gasteiger partial charge in [0.1, 0.15) is 11.8 Å². The van der Waals surface area contributed by atoms with E-state index >= 15 is 0 Å². The first-order chi connectivity index (χ1) is 9.96. The maximum atomic E-state index is 12.1. The van der Waals surface area contributed by atoms with Gasteiger partial charge in [-0.25, -0.2) is 4.79 Å². The number of hydrogen-bond donors (Lipinski definition) is 1. The molecule has 0 aliphatic carbocycles. The molecule has 0 saturated carbocycles. The number of hydrogen-bond acceptors (Lipinski definition) is 4. The minimum absolute atomic E-state index is 0.197. The molecule has 1 amide bonds. The summed E-state index contributed by atoms with van der Waals surface area (Å²) in [6, 6.07) is 6.69. The van der Waals surface area contributed by atoms with Gasteiger partial charge in [-0.1, -0.05) is 26.0 Å². The Kier molecular flexibility index (Phi) is 6.72. The minimum atomic E-state index is -0.604. The van der Waals surface area contributed by atoms with Gasteiger partial charge in [-0.2, -0.15) is 0 Å². The standard InChI is InChI=1S/C16H23NO4/c1-11(2)8-14(16(19)21-4)17-15(18)10-12-6-5-7-13(9-12)20-3/h5-7,9,11,14H,8,10H2,1-4H3,(H,17,18). The Morgan fingerprint density at radius 3 is 2.52 bits per heavy atom. The van der Waals surface area contributed by atoms with E-state index in [0.29, 0.717) is 12.2 Å². The first-order valence-corrected chi connectivity index (χ1v) is 6.96. The highest BCUT2D eigenvalue weighted by molar-refractivity contribution is 5.85. The van der Waals surface area contributed by atoms with Gasteiger partial charge in [0, 0.05) is 0 Å². The Morgan fingerprint density at radius 2 is 1.95 bits per heavy atom. The Morgan fingerprint density at radius 1 is 1.24 bits per heavy atom. The van der Waals surface area contributed by atoms with Crippen molar-refractivity contribution in [1.82, 2.24) is 5.32 Å². The van der Waals surface area contributed by atoms with Crippen LogP contribution in [0.3, 0.4) is 0 Å². The number of carbonyl (C=O) groups is 2. The van der Waals surface area contributed by atoms with E-state index in [1.54, 1.807) is 13.2 Å². The third-order valence-electron chi connectivity index (χ3n) is 3.03. The predicted octanol–water partition coefficient (Wildman–Crippen LogP) is 1.94. The molecule has 0 heterocycles. The molecule has 5 heteroatoms. The van der Waals surface area contributed by atoms with Crippen LogP contribution in [0.5, 0.6) is 5.75 Å². The molecule has 21 heavy (non-hydrogen) atoms. The second-order valence-electron chi connectivity index (χ2n) is 5.30. The number of amides is 1. The first-order valence-electron chi connectivity index (χ1n) is 6.96. The zero-order valence-corrected chi connectivity index (χ0v) is 13.0. The lowest BCUT2D eigenvalue weighted by atomic mass is 10.0. The number of esters is 1. The SMILES string of the molecule is COC(=O)C(CC(C)C)NC(=O)Cc1cccc(OC)c1. The molecule has 5 nitrogen and oxygen atoms in total. The molecule has 1 rings (SSSR count). The van der Waals surface area contributed by atoms with Crippen LogP contribution in [-0.2, 0) is 20.7 Å². The molecule has 1 aromatic carbocycles. The molecule has 1 aromatic rings. The Bertz CT molecular complexity index is 485. The molecule has 0 spiro atoms. The van der Waals surface area contributed by atoms with Crippen LogP contribution in [0.2, 0.25) is 0 Å². The van der Waals surface area contributed by atoms with Crippen LogP contribution in [0.4, 0.5) is 0 Å². The van der Waals surface area contributed by atoms with Crippen molar-refractivity contribution in [3.05, 3.63) is 29.8 Å². The quantitative estimate of drug-likeness (QED) is 0.780. The maximum absolute atomic E-state index is 12.1. The van der Waals surface area contributed by atoms with Gasteiger partial charge in [-0.3, -0.25) is 4.79 Å². The lowest BCUT2D eigenvalue weighted by Gasteiger charge is -2.18. The summed E-state index contributed by atoms with van der Waals surface area (Å²) >= 11 is 0. The Balaban J connectivity index is 2.66. The van der Waals surface area contributed by atoms with Crippen molar-refractivity contribution in [2.24, 2.45) is 5.92 Å². The summed E-state index contributed by atoms with van der Waals surface area (Å²) in [5.41, 5.74) is 0.833. The number of benzene rings is 1. The van der Waals surface area contributed by atoms with Crippen LogP contribution in [0.1, 0.15) is 25.8 Å². The first kappa shape index (κ1) is 17.0. The maximum Gasteiger partial charge on any atom is 0.328 e. The van der Waals surface area contributed by atoms with E-state index in [-0.39, 0.29) is 18.2 Å². The van der Waals surface area contributed by atoms with Crippen LogP contribution in [0.15, 0.2) is 24.3 Å². The lowest BCUT2D eigenvalue weighted by molar-refractivity contribution is -0.145. The van der Waals surface area contributed by atoms with Crippen molar-refractivity contribution in [2.75, 3.05) is 14.2 Å². The highest BCUT2D eigenvalue weighted by atomic mass is 16.5. The molecular formula is C16H23NO4. The summed E-state index contributed by atoms with van der Waals surface area (Å²) in [5, 5.41) is 2.73. The van der Waals surface area contributed by atoms with E-state index in [9.17, 15) is 9.59 Å². The number of carbonyl (C=O) groups excluding carboxylic acids is 2. The van der Waals surface area contributed by atoms with E-state index in [1.165, 1.54) is 7.11 Å². The van der Waals surface area contributed by atoms with Crippen LogP contribution in [0, 0.1) is 5.92 Å². The minimum Gasteiger partial charge on any atom is -0.497 e. The average molecular weight is 293 g/mol. The third-order valence-corrected chi connectivity index (χ3v) is 3.03. The molecule has 0 fully saturated rings.